The first-order valence-corrected chi connectivity index (χ1v) is 40.6. The van der Waals surface area contributed by atoms with Crippen LogP contribution in [0.25, 0.3) is 22.1 Å². The summed E-state index contributed by atoms with van der Waals surface area (Å²) >= 11 is 0. The summed E-state index contributed by atoms with van der Waals surface area (Å²) in [5.74, 6) is -1.17. The van der Waals surface area contributed by atoms with E-state index < -0.39 is 64.7 Å². The van der Waals surface area contributed by atoms with Crippen molar-refractivity contribution in [3.05, 3.63) is 312 Å². The maximum atomic E-state index is 9.87. The van der Waals surface area contributed by atoms with Gasteiger partial charge in [-0.25, -0.2) is 19.9 Å². The zero-order valence-corrected chi connectivity index (χ0v) is 72.0. The molecule has 4 N–H and O–H groups in total. The van der Waals surface area contributed by atoms with Gasteiger partial charge in [-0.05, 0) is 199 Å². The molecule has 0 spiro atoms. The van der Waals surface area contributed by atoms with Crippen LogP contribution in [0.5, 0.6) is 0 Å². The molecule has 0 atom stereocenters. The summed E-state index contributed by atoms with van der Waals surface area (Å²) < 4.78 is 237. The molecule has 0 amide bonds. The van der Waals surface area contributed by atoms with E-state index in [0.717, 1.165) is 79.1 Å². The van der Waals surface area contributed by atoms with Crippen LogP contribution in [0.4, 0.5) is 101 Å². The molecule has 0 aliphatic heterocycles. The minimum absolute atomic E-state index is 0. The Morgan fingerprint density at radius 2 is 0.371 bits per heavy atom. The molecule has 0 unspecified atom stereocenters. The van der Waals surface area contributed by atoms with Gasteiger partial charge in [-0.2, -0.15) is 10.5 Å². The summed E-state index contributed by atoms with van der Waals surface area (Å²) in [7, 11) is -42.6. The number of nitrogens with zero attached hydrogens (tertiary/aromatic N) is 14. The fourth-order valence-electron chi connectivity index (χ4n) is 9.95. The number of nitriles is 2. The van der Waals surface area contributed by atoms with Crippen molar-refractivity contribution >= 4 is 65.1 Å². The van der Waals surface area contributed by atoms with Gasteiger partial charge in [0.05, 0.1) is 102 Å². The third-order valence-corrected chi connectivity index (χ3v) is 14.6. The number of fused-ring (bicyclic) bond motifs is 2. The number of nitrogens with one attached hydrogen (secondary N) is 2. The second-order valence-electron chi connectivity index (χ2n) is 24.5. The Kier molecular flexibility index (Phi) is 41.7. The van der Waals surface area contributed by atoms with Gasteiger partial charge in [0.2, 0.25) is 0 Å². The maximum absolute atomic E-state index is 10.7. The fourth-order valence-corrected chi connectivity index (χ4v) is 9.95. The molecule has 4 radical (unpaired) electrons. The molecule has 0 aliphatic carbocycles. The summed E-state index contributed by atoms with van der Waals surface area (Å²) in [6, 6.07) is 67.4. The summed E-state index contributed by atoms with van der Waals surface area (Å²) in [6.45, 7) is 13.7. The molecular formula is C72H68Co4F24N16O4P4. The minimum Gasteiger partial charge on any atom is -0.870 e. The molecular weight excluding hydrogens is 1970 g/mol. The Labute approximate surface area is 732 Å². The van der Waals surface area contributed by atoms with Crippen molar-refractivity contribution in [2.75, 3.05) is 0 Å². The molecule has 0 fully saturated rings. The van der Waals surface area contributed by atoms with Crippen molar-refractivity contribution in [3.8, 4) is 12.1 Å². The fraction of sp³-hybridized carbons (Fsp3) is 0.167. The van der Waals surface area contributed by atoms with Gasteiger partial charge < -0.3 is 32.0 Å². The minimum atomic E-state index is -10.7. The number of pyridine rings is 12. The van der Waals surface area contributed by atoms with E-state index in [1.807, 2.05) is 170 Å². The van der Waals surface area contributed by atoms with E-state index in [1.165, 1.54) is 27.7 Å². The standard InChI is InChI=1S/2C32H26N6.2C2H5NO.2C2H3N.4Co.4F6P.2H2O/c2*1-31(24-11-3-7-19-33-24,25-12-4-8-20-34-25)28-17-15-23-16-18-29(38-30(23)37-28)32(2,26-13-5-9-21-35-26)27-14-6-10-22-36-27;2*1-2(3)4;2*1-2-3;;;;;4*1-7(2,3,4,5)6;;/h2*3-22H,1-2H3;2*1H3,(H2,3,4);2*1H3;;;;;;;;;2*1H2/q;;;;;;4*+2;4*-1;;/p-4. The molecule has 12 rings (SSSR count). The topological polar surface area (TPSA) is 356 Å². The number of hydrogen-bond acceptors (Lipinski definition) is 20. The van der Waals surface area contributed by atoms with Gasteiger partial charge in [-0.1, -0.05) is 48.5 Å². The molecule has 0 aliphatic rings. The molecule has 12 aromatic heterocycles. The second-order valence-corrected chi connectivity index (χ2v) is 32.2. The Bertz CT molecular complexity index is 4580. The average molecular weight is 2040 g/mol. The average Bonchev–Trinajstić information content (AvgIpc) is 0.745. The molecule has 0 bridgehead atoms. The summed E-state index contributed by atoms with van der Waals surface area (Å²) in [5.41, 5.74) is 8.88. The number of aromatic nitrogens is 12. The van der Waals surface area contributed by atoms with E-state index in [2.05, 4.69) is 52.0 Å². The SMILES string of the molecule is CC#N.CC#N.CC(=N)[O-].CC(=N)[O-].CC(c1ccccn1)(c1ccccn1)c1ccc2ccc(C(C)(c3ccccn3)c3ccccn3)nc2n1.CC(c1ccccn1)(c1ccccn1)c1ccc2ccc(C(C)(c3ccccn3)c3ccccn3)nc2n1.F[P-](F)(F)(F)(F)F.F[P-](F)(F)(F)(F)F.F[P-](F)(F)(F)(F)F.F[P-](F)(F)(F)(F)F.[Co+2].[Co+2].[Co+2].[Co+2].[OH-].[OH-]. The molecule has 52 heteroatoms. The van der Waals surface area contributed by atoms with Gasteiger partial charge in [-0.3, -0.25) is 39.9 Å². The van der Waals surface area contributed by atoms with Crippen molar-refractivity contribution in [2.24, 2.45) is 0 Å². The quantitative estimate of drug-likeness (QED) is 0.0496. The van der Waals surface area contributed by atoms with Crippen LogP contribution in [0.2, 0.25) is 0 Å². The van der Waals surface area contributed by atoms with Gasteiger partial charge in [0.1, 0.15) is 0 Å². The normalized spacial score (nSPS) is 13.1. The summed E-state index contributed by atoms with van der Waals surface area (Å²) in [5, 5.41) is 46.7. The van der Waals surface area contributed by atoms with Crippen molar-refractivity contribution in [3.63, 3.8) is 0 Å². The van der Waals surface area contributed by atoms with Crippen molar-refractivity contribution in [1.82, 2.24) is 59.8 Å². The predicted octanol–water partition coefficient (Wildman–Crippen LogP) is 24.8. The zero-order valence-electron chi connectivity index (χ0n) is 64.3. The van der Waals surface area contributed by atoms with Gasteiger partial charge in [-0.15, -0.1) is 0 Å². The molecule has 124 heavy (non-hydrogen) atoms. The Morgan fingerprint density at radius 1 is 0.266 bits per heavy atom. The first-order valence-electron chi connectivity index (χ1n) is 32.5. The predicted molar refractivity (Wildman–Crippen MR) is 403 cm³/mol. The molecule has 20 nitrogen and oxygen atoms in total. The van der Waals surface area contributed by atoms with Crippen LogP contribution >= 0.6 is 31.2 Å². The van der Waals surface area contributed by atoms with Crippen molar-refractivity contribution in [1.29, 1.82) is 21.3 Å². The zero-order chi connectivity index (χ0) is 90.2. The van der Waals surface area contributed by atoms with Gasteiger partial charge >= 0.3 is 199 Å². The van der Waals surface area contributed by atoms with Crippen LogP contribution in [-0.4, -0.2) is 82.6 Å². The van der Waals surface area contributed by atoms with Crippen LogP contribution < -0.4 is 10.2 Å². The summed E-state index contributed by atoms with van der Waals surface area (Å²) in [4.78, 5) is 58.1. The monoisotopic (exact) mass is 2040 g/mol. The maximum Gasteiger partial charge on any atom is 2.00 e. The Hall–Kier alpha value is -9.77. The van der Waals surface area contributed by atoms with Crippen LogP contribution in [0, 0.1) is 33.5 Å². The Balaban J connectivity index is -0.000000773. The largest absolute Gasteiger partial charge is 2.00 e. The van der Waals surface area contributed by atoms with E-state index in [-0.39, 0.29) is 78.1 Å². The summed E-state index contributed by atoms with van der Waals surface area (Å²) in [6.07, 6.45) is 14.4. The van der Waals surface area contributed by atoms with E-state index in [0.29, 0.717) is 11.3 Å². The van der Waals surface area contributed by atoms with Crippen LogP contribution in [0.15, 0.2) is 244 Å². The van der Waals surface area contributed by atoms with Crippen molar-refractivity contribution in [2.45, 2.75) is 77.0 Å². The second kappa shape index (κ2) is 42.9. The van der Waals surface area contributed by atoms with Gasteiger partial charge in [0.15, 0.2) is 11.3 Å². The van der Waals surface area contributed by atoms with E-state index in [1.54, 1.807) is 61.7 Å². The molecule has 0 saturated carbocycles. The molecule has 0 saturated heterocycles. The van der Waals surface area contributed by atoms with Gasteiger partial charge in [0, 0.05) is 74.2 Å². The number of rotatable bonds is 12. The number of hydrogen-bond donors (Lipinski definition) is 2. The van der Waals surface area contributed by atoms with Crippen molar-refractivity contribution < 1.29 is 189 Å². The first kappa shape index (κ1) is 121. The third kappa shape index (κ3) is 47.9. The molecule has 12 aromatic rings. The molecule has 684 valence electrons. The third-order valence-electron chi connectivity index (χ3n) is 14.6. The molecule has 12 heterocycles. The van der Waals surface area contributed by atoms with E-state index in [4.69, 9.17) is 91.4 Å². The van der Waals surface area contributed by atoms with Crippen LogP contribution in [0.3, 0.4) is 0 Å². The van der Waals surface area contributed by atoms with E-state index in [9.17, 15) is 101 Å². The first-order chi connectivity index (χ1) is 53.3. The van der Waals surface area contributed by atoms with Crippen LogP contribution in [-0.2, 0) is 88.8 Å². The van der Waals surface area contributed by atoms with E-state index >= 15 is 0 Å². The van der Waals surface area contributed by atoms with Crippen LogP contribution in [0.1, 0.15) is 124 Å². The smallest absolute Gasteiger partial charge is 0.870 e. The Morgan fingerprint density at radius 3 is 0.460 bits per heavy atom. The number of halogens is 24. The molecule has 0 aromatic carbocycles. The van der Waals surface area contributed by atoms with Gasteiger partial charge in [0.25, 0.3) is 0 Å².